The van der Waals surface area contributed by atoms with Crippen LogP contribution >= 0.6 is 0 Å². The van der Waals surface area contributed by atoms with Gasteiger partial charge in [0.25, 0.3) is 12.2 Å². The van der Waals surface area contributed by atoms with Crippen LogP contribution in [0.4, 0.5) is 13.2 Å². The summed E-state index contributed by atoms with van der Waals surface area (Å²) in [5.74, 6) is -4.37. The van der Waals surface area contributed by atoms with Gasteiger partial charge in [0.15, 0.2) is 0 Å². The molecule has 3 nitrogen and oxygen atoms in total. The molecule has 0 bridgehead atoms. The predicted octanol–water partition coefficient (Wildman–Crippen LogP) is 2.34. The number of carbonyl (C=O) groups excluding carboxylic acids is 1. The number of Topliss-reactive ketones (excluding diaryl/α,β-unsaturated/α-hetero) is 1. The van der Waals surface area contributed by atoms with Crippen molar-refractivity contribution in [2.45, 2.75) is 13.3 Å². The minimum Gasteiger partial charge on any atom is -0.475 e. The summed E-state index contributed by atoms with van der Waals surface area (Å²) in [6.07, 6.45) is -3.01. The zero-order chi connectivity index (χ0) is 12.5. The molecule has 1 aromatic carbocycles. The van der Waals surface area contributed by atoms with E-state index in [2.05, 4.69) is 0 Å². The average Bonchev–Trinajstić information content (AvgIpc) is 2.14. The molecule has 0 amide bonds. The highest BCUT2D eigenvalue weighted by Gasteiger charge is 2.21. The lowest BCUT2D eigenvalue weighted by molar-refractivity contribution is -0.131. The van der Waals surface area contributed by atoms with Crippen molar-refractivity contribution in [2.24, 2.45) is 0 Å². The Morgan fingerprint density at radius 2 is 1.88 bits per heavy atom. The highest BCUT2D eigenvalue weighted by Crippen LogP contribution is 2.26. The Morgan fingerprint density at radius 3 is 2.25 bits per heavy atom. The van der Waals surface area contributed by atoms with Crippen LogP contribution in [0.3, 0.4) is 0 Å². The van der Waals surface area contributed by atoms with Crippen LogP contribution in [0.15, 0.2) is 12.1 Å². The van der Waals surface area contributed by atoms with Crippen LogP contribution in [0.2, 0.25) is 0 Å². The zero-order valence-corrected chi connectivity index (χ0v) is 8.13. The lowest BCUT2D eigenvalue weighted by atomic mass is 10.0. The van der Waals surface area contributed by atoms with Crippen LogP contribution in [-0.2, 0) is 4.79 Å². The van der Waals surface area contributed by atoms with Gasteiger partial charge in [-0.3, -0.25) is 4.79 Å². The summed E-state index contributed by atoms with van der Waals surface area (Å²) in [5.41, 5.74) is -1.42. The highest BCUT2D eigenvalue weighted by atomic mass is 19.3. The molecule has 0 aromatic heterocycles. The molecule has 0 saturated heterocycles. The van der Waals surface area contributed by atoms with E-state index < -0.39 is 35.1 Å². The van der Waals surface area contributed by atoms with Gasteiger partial charge >= 0.3 is 5.97 Å². The van der Waals surface area contributed by atoms with Crippen molar-refractivity contribution < 1.29 is 27.9 Å². The van der Waals surface area contributed by atoms with E-state index in [9.17, 15) is 22.8 Å². The van der Waals surface area contributed by atoms with Gasteiger partial charge in [-0.15, -0.1) is 0 Å². The van der Waals surface area contributed by atoms with Gasteiger partial charge in [-0.2, -0.15) is 0 Å². The summed E-state index contributed by atoms with van der Waals surface area (Å²) in [6, 6.07) is 1.44. The molecule has 0 saturated carbocycles. The molecule has 0 radical (unpaired) electrons. The molecule has 0 spiro atoms. The average molecular weight is 232 g/mol. The summed E-state index contributed by atoms with van der Waals surface area (Å²) < 4.78 is 37.8. The van der Waals surface area contributed by atoms with Gasteiger partial charge in [-0.25, -0.2) is 18.0 Å². The molecule has 0 heterocycles. The fraction of sp³-hybridized carbons (Fsp3) is 0.200. The van der Waals surface area contributed by atoms with Crippen molar-refractivity contribution in [2.75, 3.05) is 0 Å². The quantitative estimate of drug-likeness (QED) is 0.642. The number of carboxylic acids is 1. The first kappa shape index (κ1) is 12.2. The molecule has 1 N–H and O–H groups in total. The Morgan fingerprint density at radius 1 is 1.31 bits per heavy atom. The van der Waals surface area contributed by atoms with Crippen LogP contribution in [-0.4, -0.2) is 16.9 Å². The number of halogens is 3. The van der Waals surface area contributed by atoms with Crippen molar-refractivity contribution in [1.82, 2.24) is 0 Å². The van der Waals surface area contributed by atoms with E-state index in [1.54, 1.807) is 0 Å². The molecule has 0 aliphatic heterocycles. The van der Waals surface area contributed by atoms with Crippen LogP contribution in [0.25, 0.3) is 0 Å². The Hall–Kier alpha value is -1.85. The van der Waals surface area contributed by atoms with Crippen LogP contribution in [0.1, 0.15) is 27.9 Å². The topological polar surface area (TPSA) is 54.4 Å². The molecule has 0 aliphatic carbocycles. The Labute approximate surface area is 88.5 Å². The molecule has 0 unspecified atom stereocenters. The van der Waals surface area contributed by atoms with Crippen molar-refractivity contribution >= 4 is 11.8 Å². The lowest BCUT2D eigenvalue weighted by Crippen LogP contribution is -2.14. The van der Waals surface area contributed by atoms with Gasteiger partial charge in [0.1, 0.15) is 5.82 Å². The number of aliphatic carboxylic acids is 1. The fourth-order valence-corrected chi connectivity index (χ4v) is 1.29. The summed E-state index contributed by atoms with van der Waals surface area (Å²) in [5, 5.41) is 8.38. The van der Waals surface area contributed by atoms with Crippen LogP contribution in [0, 0.1) is 12.7 Å². The number of carboxylic acid groups (broad SMARTS) is 1. The van der Waals surface area contributed by atoms with E-state index in [1.165, 1.54) is 6.92 Å². The standard InChI is InChI=1S/C10H7F3O3/c1-4-2-5(8(14)10(15)16)3-6(11)7(4)9(12)13/h2-3,9H,1H3,(H,15,16). The number of alkyl halides is 2. The molecule has 0 fully saturated rings. The molecule has 0 atom stereocenters. The second-order valence-corrected chi connectivity index (χ2v) is 3.12. The van der Waals surface area contributed by atoms with Gasteiger partial charge in [0.05, 0.1) is 5.56 Å². The second-order valence-electron chi connectivity index (χ2n) is 3.12. The van der Waals surface area contributed by atoms with E-state index in [-0.39, 0.29) is 5.56 Å². The Kier molecular flexibility index (Phi) is 3.31. The number of ketones is 1. The fourth-order valence-electron chi connectivity index (χ4n) is 1.29. The molecule has 16 heavy (non-hydrogen) atoms. The first-order valence-corrected chi connectivity index (χ1v) is 4.20. The van der Waals surface area contributed by atoms with Gasteiger partial charge in [0, 0.05) is 5.56 Å². The van der Waals surface area contributed by atoms with Crippen molar-refractivity contribution in [3.8, 4) is 0 Å². The highest BCUT2D eigenvalue weighted by molar-refractivity contribution is 6.39. The minimum atomic E-state index is -3.01. The van der Waals surface area contributed by atoms with E-state index in [4.69, 9.17) is 5.11 Å². The largest absolute Gasteiger partial charge is 0.475 e. The molecule has 1 rings (SSSR count). The van der Waals surface area contributed by atoms with Crippen LogP contribution in [0.5, 0.6) is 0 Å². The van der Waals surface area contributed by atoms with E-state index in [0.29, 0.717) is 6.07 Å². The third-order valence-electron chi connectivity index (χ3n) is 2.01. The van der Waals surface area contributed by atoms with E-state index in [0.717, 1.165) is 6.07 Å². The number of hydrogen-bond acceptors (Lipinski definition) is 2. The molecule has 0 aliphatic rings. The lowest BCUT2D eigenvalue weighted by Gasteiger charge is -2.07. The number of hydrogen-bond donors (Lipinski definition) is 1. The molecule has 6 heteroatoms. The summed E-state index contributed by atoms with van der Waals surface area (Å²) >= 11 is 0. The SMILES string of the molecule is Cc1cc(C(=O)C(=O)O)cc(F)c1C(F)F. The van der Waals surface area contributed by atoms with Crippen molar-refractivity contribution in [1.29, 1.82) is 0 Å². The normalized spacial score (nSPS) is 10.6. The van der Waals surface area contributed by atoms with Gasteiger partial charge < -0.3 is 5.11 Å². The summed E-state index contributed by atoms with van der Waals surface area (Å²) in [6.45, 7) is 1.18. The molecular weight excluding hydrogens is 225 g/mol. The maximum absolute atomic E-state index is 13.2. The van der Waals surface area contributed by atoms with E-state index >= 15 is 0 Å². The number of benzene rings is 1. The minimum absolute atomic E-state index is 0.153. The Balaban J connectivity index is 3.30. The number of aryl methyl sites for hydroxylation is 1. The monoisotopic (exact) mass is 232 g/mol. The second kappa shape index (κ2) is 4.34. The van der Waals surface area contributed by atoms with Gasteiger partial charge in [-0.1, -0.05) is 0 Å². The van der Waals surface area contributed by atoms with E-state index in [1.807, 2.05) is 0 Å². The summed E-state index contributed by atoms with van der Waals surface area (Å²) in [7, 11) is 0. The first-order valence-electron chi connectivity index (χ1n) is 4.20. The number of rotatable bonds is 3. The summed E-state index contributed by atoms with van der Waals surface area (Å²) in [4.78, 5) is 21.3. The molecule has 86 valence electrons. The maximum Gasteiger partial charge on any atom is 0.377 e. The zero-order valence-electron chi connectivity index (χ0n) is 8.13. The smallest absolute Gasteiger partial charge is 0.377 e. The maximum atomic E-state index is 13.2. The molecular formula is C10H7F3O3. The van der Waals surface area contributed by atoms with Crippen LogP contribution < -0.4 is 0 Å². The van der Waals surface area contributed by atoms with Crippen molar-refractivity contribution in [3.63, 3.8) is 0 Å². The van der Waals surface area contributed by atoms with Gasteiger partial charge in [-0.05, 0) is 24.6 Å². The van der Waals surface area contributed by atoms with Crippen molar-refractivity contribution in [3.05, 3.63) is 34.6 Å². The molecule has 1 aromatic rings. The third kappa shape index (κ3) is 2.21. The number of carbonyl (C=O) groups is 2. The Bertz CT molecular complexity index is 432. The van der Waals surface area contributed by atoms with Gasteiger partial charge in [0.2, 0.25) is 0 Å². The first-order chi connectivity index (χ1) is 7.34. The third-order valence-corrected chi connectivity index (χ3v) is 2.01. The predicted molar refractivity (Wildman–Crippen MR) is 48.1 cm³/mol.